The normalized spacial score (nSPS) is 13.1. The molecule has 0 spiro atoms. The Morgan fingerprint density at radius 3 is 2.50 bits per heavy atom. The fourth-order valence-electron chi connectivity index (χ4n) is 2.15. The number of hydrogen-bond acceptors (Lipinski definition) is 5. The molecular weight excluding hydrogens is 330 g/mol. The zero-order valence-corrected chi connectivity index (χ0v) is 14.3. The molecule has 24 heavy (non-hydrogen) atoms. The molecule has 128 valence electrons. The molecule has 3 rings (SSSR count). The summed E-state index contributed by atoms with van der Waals surface area (Å²) in [5.41, 5.74) is 0.416. The Morgan fingerprint density at radius 2 is 1.79 bits per heavy atom. The maximum absolute atomic E-state index is 12.5. The Bertz CT molecular complexity index is 815. The smallest absolute Gasteiger partial charge is 0.261 e. The second-order valence-electron chi connectivity index (χ2n) is 5.85. The van der Waals surface area contributed by atoms with Gasteiger partial charge >= 0.3 is 0 Å². The third-order valence-corrected chi connectivity index (χ3v) is 4.74. The lowest BCUT2D eigenvalue weighted by Crippen LogP contribution is -2.13. The van der Waals surface area contributed by atoms with Crippen molar-refractivity contribution in [3.05, 3.63) is 42.5 Å². The highest BCUT2D eigenvalue weighted by Gasteiger charge is 2.18. The number of anilines is 1. The monoisotopic (exact) mass is 349 g/mol. The van der Waals surface area contributed by atoms with Crippen LogP contribution in [0, 0.1) is 5.92 Å². The van der Waals surface area contributed by atoms with Crippen LogP contribution < -0.4 is 18.9 Å². The largest absolute Gasteiger partial charge is 0.493 e. The number of sulfonamides is 1. The zero-order chi connectivity index (χ0) is 17.2. The van der Waals surface area contributed by atoms with Crippen LogP contribution in [0.15, 0.2) is 47.4 Å². The molecule has 1 aliphatic rings. The molecule has 7 heteroatoms. The lowest BCUT2D eigenvalue weighted by Gasteiger charge is -2.11. The highest BCUT2D eigenvalue weighted by atomic mass is 32.2. The van der Waals surface area contributed by atoms with Crippen molar-refractivity contribution in [1.29, 1.82) is 0 Å². The van der Waals surface area contributed by atoms with Crippen molar-refractivity contribution in [2.24, 2.45) is 5.92 Å². The van der Waals surface area contributed by atoms with Gasteiger partial charge in [-0.1, -0.05) is 13.8 Å². The third kappa shape index (κ3) is 3.73. The van der Waals surface area contributed by atoms with E-state index in [4.69, 9.17) is 14.2 Å². The van der Waals surface area contributed by atoms with Crippen LogP contribution in [0.2, 0.25) is 0 Å². The van der Waals surface area contributed by atoms with Crippen molar-refractivity contribution >= 4 is 15.7 Å². The minimum atomic E-state index is -3.68. The molecule has 1 aliphatic heterocycles. The van der Waals surface area contributed by atoms with Crippen molar-refractivity contribution in [2.45, 2.75) is 18.7 Å². The molecule has 0 radical (unpaired) electrons. The molecule has 1 heterocycles. The Hall–Kier alpha value is -2.41. The van der Waals surface area contributed by atoms with Gasteiger partial charge in [-0.3, -0.25) is 4.72 Å². The van der Waals surface area contributed by atoms with E-state index in [0.717, 1.165) is 0 Å². The van der Waals surface area contributed by atoms with Gasteiger partial charge in [-0.25, -0.2) is 8.42 Å². The van der Waals surface area contributed by atoms with E-state index in [1.165, 1.54) is 12.1 Å². The minimum Gasteiger partial charge on any atom is -0.493 e. The highest BCUT2D eigenvalue weighted by molar-refractivity contribution is 7.92. The quantitative estimate of drug-likeness (QED) is 0.866. The summed E-state index contributed by atoms with van der Waals surface area (Å²) in [5, 5.41) is 0. The molecule has 0 unspecified atom stereocenters. The second kappa shape index (κ2) is 6.60. The summed E-state index contributed by atoms with van der Waals surface area (Å²) in [5.74, 6) is 2.17. The molecular formula is C17H19NO5S. The van der Waals surface area contributed by atoms with Crippen LogP contribution in [-0.4, -0.2) is 21.8 Å². The van der Waals surface area contributed by atoms with Crippen LogP contribution in [0.5, 0.6) is 17.2 Å². The van der Waals surface area contributed by atoms with E-state index in [2.05, 4.69) is 4.72 Å². The number of ether oxygens (including phenoxy) is 3. The van der Waals surface area contributed by atoms with Gasteiger partial charge in [0.25, 0.3) is 10.0 Å². The number of fused-ring (bicyclic) bond motifs is 1. The molecule has 0 saturated heterocycles. The van der Waals surface area contributed by atoms with Crippen molar-refractivity contribution in [1.82, 2.24) is 0 Å². The van der Waals surface area contributed by atoms with Gasteiger partial charge in [0.05, 0.1) is 17.2 Å². The van der Waals surface area contributed by atoms with E-state index in [1.807, 2.05) is 13.8 Å². The van der Waals surface area contributed by atoms with Gasteiger partial charge in [-0.05, 0) is 42.3 Å². The predicted molar refractivity (Wildman–Crippen MR) is 90.1 cm³/mol. The molecule has 1 N–H and O–H groups in total. The average Bonchev–Trinajstić information content (AvgIpc) is 3.00. The first-order chi connectivity index (χ1) is 11.4. The van der Waals surface area contributed by atoms with E-state index in [-0.39, 0.29) is 11.7 Å². The molecule has 0 aromatic heterocycles. The van der Waals surface area contributed by atoms with Gasteiger partial charge in [0.2, 0.25) is 6.79 Å². The maximum atomic E-state index is 12.5. The summed E-state index contributed by atoms with van der Waals surface area (Å²) in [6.45, 7) is 4.83. The van der Waals surface area contributed by atoms with E-state index >= 15 is 0 Å². The van der Waals surface area contributed by atoms with Crippen LogP contribution >= 0.6 is 0 Å². The molecule has 6 nitrogen and oxygen atoms in total. The van der Waals surface area contributed by atoms with Gasteiger partial charge in [-0.15, -0.1) is 0 Å². The van der Waals surface area contributed by atoms with Crippen LogP contribution in [0.3, 0.4) is 0 Å². The van der Waals surface area contributed by atoms with Crippen LogP contribution in [0.25, 0.3) is 0 Å². The Kier molecular flexibility index (Phi) is 4.53. The van der Waals surface area contributed by atoms with E-state index in [1.54, 1.807) is 30.3 Å². The van der Waals surface area contributed by atoms with E-state index in [0.29, 0.717) is 35.5 Å². The number of rotatable bonds is 6. The first-order valence-corrected chi connectivity index (χ1v) is 9.08. The summed E-state index contributed by atoms with van der Waals surface area (Å²) in [4.78, 5) is 0.164. The van der Waals surface area contributed by atoms with Crippen LogP contribution in [0.1, 0.15) is 13.8 Å². The van der Waals surface area contributed by atoms with Crippen LogP contribution in [-0.2, 0) is 10.0 Å². The van der Waals surface area contributed by atoms with Gasteiger partial charge in [-0.2, -0.15) is 0 Å². The Labute approximate surface area is 141 Å². The standard InChI is InChI=1S/C17H19NO5S/c1-12(2)10-21-14-4-6-15(7-5-14)24(19,20)18-13-3-8-16-17(9-13)23-11-22-16/h3-9,12,18H,10-11H2,1-2H3. The average molecular weight is 349 g/mol. The van der Waals surface area contributed by atoms with Crippen molar-refractivity contribution in [3.8, 4) is 17.2 Å². The second-order valence-corrected chi connectivity index (χ2v) is 7.53. The van der Waals surface area contributed by atoms with Crippen molar-refractivity contribution in [2.75, 3.05) is 18.1 Å². The molecule has 0 atom stereocenters. The van der Waals surface area contributed by atoms with Gasteiger partial charge in [0, 0.05) is 6.07 Å². The lowest BCUT2D eigenvalue weighted by molar-refractivity contribution is 0.174. The van der Waals surface area contributed by atoms with Gasteiger partial charge < -0.3 is 14.2 Å². The van der Waals surface area contributed by atoms with Crippen LogP contribution in [0.4, 0.5) is 5.69 Å². The molecule has 0 bridgehead atoms. The first kappa shape index (κ1) is 16.4. The third-order valence-electron chi connectivity index (χ3n) is 3.34. The van der Waals surface area contributed by atoms with Crippen molar-refractivity contribution < 1.29 is 22.6 Å². The number of hydrogen-bond donors (Lipinski definition) is 1. The Balaban J connectivity index is 1.73. The molecule has 0 amide bonds. The van der Waals surface area contributed by atoms with E-state index < -0.39 is 10.0 Å². The number of nitrogens with one attached hydrogen (secondary N) is 1. The molecule has 0 saturated carbocycles. The summed E-state index contributed by atoms with van der Waals surface area (Å²) in [6, 6.07) is 11.2. The summed E-state index contributed by atoms with van der Waals surface area (Å²) in [6.07, 6.45) is 0. The first-order valence-electron chi connectivity index (χ1n) is 7.59. The van der Waals surface area contributed by atoms with Gasteiger partial charge in [0.1, 0.15) is 5.75 Å². The highest BCUT2D eigenvalue weighted by Crippen LogP contribution is 2.34. The number of benzene rings is 2. The maximum Gasteiger partial charge on any atom is 0.261 e. The summed E-state index contributed by atoms with van der Waals surface area (Å²) < 4.78 is 43.5. The molecule has 2 aromatic rings. The topological polar surface area (TPSA) is 73.9 Å². The fraction of sp³-hybridized carbons (Fsp3) is 0.294. The molecule has 0 fully saturated rings. The van der Waals surface area contributed by atoms with Gasteiger partial charge in [0.15, 0.2) is 11.5 Å². The van der Waals surface area contributed by atoms with E-state index in [9.17, 15) is 8.42 Å². The fourth-order valence-corrected chi connectivity index (χ4v) is 3.20. The zero-order valence-electron chi connectivity index (χ0n) is 13.5. The van der Waals surface area contributed by atoms with Crippen molar-refractivity contribution in [3.63, 3.8) is 0 Å². The minimum absolute atomic E-state index is 0.142. The lowest BCUT2D eigenvalue weighted by atomic mass is 10.2. The molecule has 0 aliphatic carbocycles. The Morgan fingerprint density at radius 1 is 1.08 bits per heavy atom. The molecule has 2 aromatic carbocycles. The SMILES string of the molecule is CC(C)COc1ccc(S(=O)(=O)Nc2ccc3c(c2)OCO3)cc1. The summed E-state index contributed by atoms with van der Waals surface area (Å²) in [7, 11) is -3.68. The predicted octanol–water partition coefficient (Wildman–Crippen LogP) is 3.25. The summed E-state index contributed by atoms with van der Waals surface area (Å²) >= 11 is 0.